The molecule has 0 radical (unpaired) electrons. The molecular formula is C36H39N5O7S. The van der Waals surface area contributed by atoms with Crippen LogP contribution in [0.15, 0.2) is 91.3 Å². The van der Waals surface area contributed by atoms with Gasteiger partial charge in [-0.05, 0) is 41.8 Å². The second-order valence-corrected chi connectivity index (χ2v) is 11.8. The molecule has 2 heterocycles. The molecule has 0 unspecified atom stereocenters. The summed E-state index contributed by atoms with van der Waals surface area (Å²) >= 11 is 5.66. The number of anilines is 1. The van der Waals surface area contributed by atoms with Crippen molar-refractivity contribution in [1.82, 2.24) is 19.5 Å². The molecule has 4 atom stereocenters. The number of hydrogen-bond donors (Lipinski definition) is 1. The lowest BCUT2D eigenvalue weighted by Crippen LogP contribution is -2.36. The maximum absolute atomic E-state index is 6.65. The summed E-state index contributed by atoms with van der Waals surface area (Å²) in [5.74, 6) is 1.40. The average molecular weight is 686 g/mol. The van der Waals surface area contributed by atoms with Crippen LogP contribution in [0.1, 0.15) is 23.6 Å². The molecule has 49 heavy (non-hydrogen) atoms. The minimum absolute atomic E-state index is 0.0211. The molecule has 13 heteroatoms. The molecule has 1 fully saturated rings. The van der Waals surface area contributed by atoms with Crippen LogP contribution in [0.3, 0.4) is 0 Å². The van der Waals surface area contributed by atoms with Gasteiger partial charge in [0.1, 0.15) is 24.2 Å². The first-order valence-corrected chi connectivity index (χ1v) is 16.3. The van der Waals surface area contributed by atoms with Crippen LogP contribution < -0.4 is 19.9 Å². The van der Waals surface area contributed by atoms with Crippen LogP contribution in [-0.2, 0) is 32.2 Å². The molecule has 0 amide bonds. The zero-order chi connectivity index (χ0) is 34.0. The van der Waals surface area contributed by atoms with Gasteiger partial charge in [-0.15, -0.1) is 0 Å². The van der Waals surface area contributed by atoms with Crippen molar-refractivity contribution in [1.29, 1.82) is 0 Å². The summed E-state index contributed by atoms with van der Waals surface area (Å²) in [6.45, 7) is 1.77. The van der Waals surface area contributed by atoms with E-state index in [9.17, 15) is 0 Å². The van der Waals surface area contributed by atoms with Gasteiger partial charge >= 0.3 is 5.24 Å². The molecular weight excluding hydrogens is 646 g/mol. The fourth-order valence-corrected chi connectivity index (χ4v) is 6.09. The van der Waals surface area contributed by atoms with Crippen molar-refractivity contribution < 1.29 is 33.2 Å². The molecule has 12 nitrogen and oxygen atoms in total. The Labute approximate surface area is 290 Å². The number of ether oxygens (including phenoxy) is 7. The van der Waals surface area contributed by atoms with E-state index < -0.39 is 6.10 Å². The van der Waals surface area contributed by atoms with E-state index in [1.165, 1.54) is 0 Å². The normalized spacial score (nSPS) is 18.7. The van der Waals surface area contributed by atoms with E-state index in [1.54, 1.807) is 20.5 Å². The molecule has 2 aromatic heterocycles. The Morgan fingerprint density at radius 2 is 1.61 bits per heavy atom. The number of hydrogen-bond acceptors (Lipinski definition) is 12. The maximum Gasteiger partial charge on any atom is 0.358 e. The third kappa shape index (κ3) is 8.62. The number of nitrogens with zero attached hydrogens (tertiary/aromatic N) is 4. The van der Waals surface area contributed by atoms with E-state index in [0.717, 1.165) is 16.9 Å². The molecule has 256 valence electrons. The first-order chi connectivity index (χ1) is 24.0. The Kier molecular flexibility index (Phi) is 11.5. The number of fused-ring (bicyclic) bond motifs is 1. The van der Waals surface area contributed by atoms with Gasteiger partial charge in [0.05, 0.1) is 52.0 Å². The zero-order valence-corrected chi connectivity index (χ0v) is 28.2. The Hall–Kier alpha value is -4.82. The summed E-state index contributed by atoms with van der Waals surface area (Å²) in [4.78, 5) is 13.5. The molecule has 0 aliphatic heterocycles. The molecule has 1 aliphatic rings. The third-order valence-electron chi connectivity index (χ3n) is 8.26. The topological polar surface area (TPSA) is 134 Å². The van der Waals surface area contributed by atoms with Crippen LogP contribution in [0.25, 0.3) is 11.2 Å². The molecule has 2 N–H and O–H groups in total. The van der Waals surface area contributed by atoms with E-state index in [1.807, 2.05) is 89.5 Å². The van der Waals surface area contributed by atoms with Gasteiger partial charge in [-0.25, -0.2) is 4.98 Å². The van der Waals surface area contributed by atoms with E-state index in [4.69, 9.17) is 51.1 Å². The Balaban J connectivity index is 1.32. The summed E-state index contributed by atoms with van der Waals surface area (Å²) in [7, 11) is 3.24. The first kappa shape index (κ1) is 34.1. The van der Waals surface area contributed by atoms with Crippen LogP contribution in [0.2, 0.25) is 0 Å². The summed E-state index contributed by atoms with van der Waals surface area (Å²) in [5, 5.41) is -0.0211. The SMILES string of the molecule is COCCOc1nc(N)nc2c1ncn2[C@H]1C[C@H](OCc2ccc(OC)cc2)[C@H](COCc2ccccc2)[C@@H]1OC(=S)Oc1ccccc1. The van der Waals surface area contributed by atoms with E-state index >= 15 is 0 Å². The lowest BCUT2D eigenvalue weighted by molar-refractivity contribution is -0.0469. The molecule has 0 spiro atoms. The van der Waals surface area contributed by atoms with Gasteiger partial charge in [-0.1, -0.05) is 60.7 Å². The van der Waals surface area contributed by atoms with Crippen LogP contribution in [0.4, 0.5) is 5.95 Å². The highest BCUT2D eigenvalue weighted by molar-refractivity contribution is 7.79. The smallest absolute Gasteiger partial charge is 0.358 e. The zero-order valence-electron chi connectivity index (χ0n) is 27.3. The summed E-state index contributed by atoms with van der Waals surface area (Å²) < 4.78 is 43.7. The Bertz CT molecular complexity index is 1790. The van der Waals surface area contributed by atoms with E-state index in [-0.39, 0.29) is 41.7 Å². The van der Waals surface area contributed by atoms with Crippen LogP contribution in [-0.4, -0.2) is 71.0 Å². The van der Waals surface area contributed by atoms with Crippen LogP contribution in [0, 0.1) is 5.92 Å². The monoisotopic (exact) mass is 685 g/mol. The van der Waals surface area contributed by atoms with Crippen molar-refractivity contribution in [2.45, 2.75) is 37.9 Å². The van der Waals surface area contributed by atoms with Crippen molar-refractivity contribution in [3.05, 3.63) is 102 Å². The predicted molar refractivity (Wildman–Crippen MR) is 186 cm³/mol. The Morgan fingerprint density at radius 1 is 0.878 bits per heavy atom. The van der Waals surface area contributed by atoms with Crippen molar-refractivity contribution in [3.8, 4) is 17.4 Å². The molecule has 0 saturated heterocycles. The standard InChI is InChI=1S/C36H39N5O7S/c1-42-17-18-45-34-31-33(39-35(37)40-34)41(23-38-31)29-19-30(46-21-25-13-15-26(43-2)16-14-25)28(22-44-20-24-9-5-3-6-10-24)32(29)48-36(49)47-27-11-7-4-8-12-27/h3-16,23,28-30,32H,17-22H2,1-2H3,(H2,37,39,40)/t28-,29-,30-,32-/m0/s1. The fourth-order valence-electron chi connectivity index (χ4n) is 5.88. The molecule has 1 aliphatic carbocycles. The quantitative estimate of drug-likeness (QED) is 0.109. The summed E-state index contributed by atoms with van der Waals surface area (Å²) in [5.41, 5.74) is 9.18. The third-order valence-corrected chi connectivity index (χ3v) is 8.44. The molecule has 6 rings (SSSR count). The van der Waals surface area contributed by atoms with Crippen molar-refractivity contribution >= 4 is 34.6 Å². The maximum atomic E-state index is 6.65. The van der Waals surface area contributed by atoms with Crippen LogP contribution >= 0.6 is 12.2 Å². The highest BCUT2D eigenvalue weighted by atomic mass is 32.1. The molecule has 5 aromatic rings. The number of methoxy groups -OCH3 is 2. The van der Waals surface area contributed by atoms with Crippen molar-refractivity contribution in [2.24, 2.45) is 5.92 Å². The Morgan fingerprint density at radius 3 is 2.35 bits per heavy atom. The number of benzene rings is 3. The molecule has 3 aromatic carbocycles. The molecule has 1 saturated carbocycles. The number of para-hydroxylation sites is 1. The highest BCUT2D eigenvalue weighted by Crippen LogP contribution is 2.42. The number of rotatable bonds is 15. The summed E-state index contributed by atoms with van der Waals surface area (Å²) in [6.07, 6.45) is 1.36. The van der Waals surface area contributed by atoms with Gasteiger partial charge in [0.25, 0.3) is 0 Å². The predicted octanol–water partition coefficient (Wildman–Crippen LogP) is 5.55. The van der Waals surface area contributed by atoms with E-state index in [0.29, 0.717) is 49.8 Å². The number of aromatic nitrogens is 4. The minimum Gasteiger partial charge on any atom is -0.497 e. The average Bonchev–Trinajstić information content (AvgIpc) is 3.69. The minimum atomic E-state index is -0.556. The van der Waals surface area contributed by atoms with Gasteiger partial charge < -0.3 is 43.5 Å². The van der Waals surface area contributed by atoms with Gasteiger partial charge in [-0.3, -0.25) is 0 Å². The molecule has 0 bridgehead atoms. The van der Waals surface area contributed by atoms with Crippen molar-refractivity contribution in [2.75, 3.05) is 39.8 Å². The largest absolute Gasteiger partial charge is 0.497 e. The second-order valence-electron chi connectivity index (χ2n) is 11.5. The number of nitrogen functional groups attached to an aromatic ring is 1. The number of imidazole rings is 1. The van der Waals surface area contributed by atoms with Crippen molar-refractivity contribution in [3.63, 3.8) is 0 Å². The highest BCUT2D eigenvalue weighted by Gasteiger charge is 2.48. The van der Waals surface area contributed by atoms with Crippen LogP contribution in [0.5, 0.6) is 17.4 Å². The van der Waals surface area contributed by atoms with Gasteiger partial charge in [0.15, 0.2) is 11.2 Å². The lowest BCUT2D eigenvalue weighted by Gasteiger charge is -2.28. The second kappa shape index (κ2) is 16.5. The first-order valence-electron chi connectivity index (χ1n) is 15.9. The summed E-state index contributed by atoms with van der Waals surface area (Å²) in [6, 6.07) is 26.7. The van der Waals surface area contributed by atoms with Gasteiger partial charge in [0, 0.05) is 25.2 Å². The fraction of sp³-hybridized carbons (Fsp3) is 0.333. The van der Waals surface area contributed by atoms with Gasteiger partial charge in [0.2, 0.25) is 11.8 Å². The lowest BCUT2D eigenvalue weighted by atomic mass is 10.0. The number of nitrogens with two attached hydrogens (primary N) is 1. The van der Waals surface area contributed by atoms with E-state index in [2.05, 4.69) is 15.0 Å². The van der Waals surface area contributed by atoms with Gasteiger partial charge in [-0.2, -0.15) is 9.97 Å². The number of thiocarbonyl (C=S) groups is 1.